The molecule has 2 rings (SSSR count). The van der Waals surface area contributed by atoms with Crippen molar-refractivity contribution in [2.45, 2.75) is 33.6 Å². The van der Waals surface area contributed by atoms with Crippen LogP contribution >= 0.6 is 11.6 Å². The van der Waals surface area contributed by atoms with E-state index in [4.69, 9.17) is 11.6 Å². The second-order valence-corrected chi connectivity index (χ2v) is 6.04. The molecule has 0 bridgehead atoms. The number of halogens is 1. The molecule has 0 fully saturated rings. The fourth-order valence-electron chi connectivity index (χ4n) is 2.44. The van der Waals surface area contributed by atoms with Gasteiger partial charge >= 0.3 is 0 Å². The first-order valence-corrected chi connectivity index (χ1v) is 7.35. The van der Waals surface area contributed by atoms with Gasteiger partial charge < -0.3 is 0 Å². The highest BCUT2D eigenvalue weighted by molar-refractivity contribution is 6.34. The number of rotatable bonds is 3. The van der Waals surface area contributed by atoms with Crippen LogP contribution in [0.1, 0.15) is 43.4 Å². The van der Waals surface area contributed by atoms with Crippen LogP contribution in [0.5, 0.6) is 0 Å². The van der Waals surface area contributed by atoms with Gasteiger partial charge in [-0.25, -0.2) is 0 Å². The van der Waals surface area contributed by atoms with E-state index >= 15 is 0 Å². The number of hydrogen-bond donors (Lipinski definition) is 0. The Kier molecular flexibility index (Phi) is 4.35. The first-order valence-electron chi connectivity index (χ1n) is 6.97. The van der Waals surface area contributed by atoms with E-state index in [2.05, 4.69) is 63.7 Å². The topological polar surface area (TPSA) is 0 Å². The molecule has 0 heterocycles. The number of allylic oxidation sites excluding steroid dienone is 1. The second kappa shape index (κ2) is 5.85. The summed E-state index contributed by atoms with van der Waals surface area (Å²) in [6.45, 7) is 12.5. The van der Waals surface area contributed by atoms with Gasteiger partial charge in [0.05, 0.1) is 5.02 Å². The Labute approximate surface area is 127 Å². The number of benzene rings is 2. The fourth-order valence-corrected chi connectivity index (χ4v) is 2.71. The van der Waals surface area contributed by atoms with Crippen molar-refractivity contribution in [1.82, 2.24) is 0 Å². The van der Waals surface area contributed by atoms with Crippen molar-refractivity contribution < 1.29 is 0 Å². The van der Waals surface area contributed by atoms with Crippen molar-refractivity contribution in [3.8, 4) is 11.1 Å². The molecule has 0 aliphatic carbocycles. The molecule has 20 heavy (non-hydrogen) atoms. The summed E-state index contributed by atoms with van der Waals surface area (Å²) in [6, 6.07) is 12.8. The van der Waals surface area contributed by atoms with Gasteiger partial charge in [-0.1, -0.05) is 74.0 Å². The van der Waals surface area contributed by atoms with Crippen molar-refractivity contribution in [1.29, 1.82) is 0 Å². The zero-order chi connectivity index (χ0) is 14.9. The lowest BCUT2D eigenvalue weighted by Gasteiger charge is -2.14. The van der Waals surface area contributed by atoms with Crippen LogP contribution in [0.4, 0.5) is 0 Å². The highest BCUT2D eigenvalue weighted by atomic mass is 35.5. The summed E-state index contributed by atoms with van der Waals surface area (Å²) >= 11 is 6.57. The molecule has 0 aliphatic heterocycles. The Hall–Kier alpha value is -1.53. The lowest BCUT2D eigenvalue weighted by molar-refractivity contribution is 0.867. The molecule has 0 saturated heterocycles. The molecule has 0 amide bonds. The van der Waals surface area contributed by atoms with E-state index in [1.165, 1.54) is 11.1 Å². The minimum Gasteiger partial charge on any atom is -0.0955 e. The first-order chi connectivity index (χ1) is 9.41. The van der Waals surface area contributed by atoms with Gasteiger partial charge in [0.15, 0.2) is 0 Å². The molecule has 0 nitrogen and oxygen atoms in total. The van der Waals surface area contributed by atoms with Gasteiger partial charge in [0.1, 0.15) is 0 Å². The molecular weight excluding hydrogens is 264 g/mol. The normalized spacial score (nSPS) is 10.9. The molecule has 0 saturated carbocycles. The largest absolute Gasteiger partial charge is 0.0955 e. The molecule has 0 N–H and O–H groups in total. The van der Waals surface area contributed by atoms with Gasteiger partial charge in [-0.3, -0.25) is 0 Å². The van der Waals surface area contributed by atoms with E-state index < -0.39 is 0 Å². The second-order valence-electron chi connectivity index (χ2n) is 5.66. The summed E-state index contributed by atoms with van der Waals surface area (Å²) < 4.78 is 0. The molecule has 2 aromatic rings. The smallest absolute Gasteiger partial charge is 0.0519 e. The zero-order valence-electron chi connectivity index (χ0n) is 12.6. The Morgan fingerprint density at radius 1 is 1.15 bits per heavy atom. The monoisotopic (exact) mass is 284 g/mol. The Balaban J connectivity index is 2.56. The Morgan fingerprint density at radius 2 is 1.85 bits per heavy atom. The third kappa shape index (κ3) is 2.81. The van der Waals surface area contributed by atoms with Crippen molar-refractivity contribution in [2.75, 3.05) is 0 Å². The molecular formula is C19H21Cl. The summed E-state index contributed by atoms with van der Waals surface area (Å²) in [5.41, 5.74) is 6.90. The maximum Gasteiger partial charge on any atom is 0.0519 e. The average molecular weight is 285 g/mol. The average Bonchev–Trinajstić information content (AvgIpc) is 2.41. The highest BCUT2D eigenvalue weighted by Gasteiger charge is 2.11. The van der Waals surface area contributed by atoms with Gasteiger partial charge in [-0.2, -0.15) is 0 Å². The van der Waals surface area contributed by atoms with Crippen molar-refractivity contribution >= 4 is 17.2 Å². The van der Waals surface area contributed by atoms with Crippen LogP contribution in [0.15, 0.2) is 43.0 Å². The predicted molar refractivity (Wildman–Crippen MR) is 90.4 cm³/mol. The van der Waals surface area contributed by atoms with Crippen molar-refractivity contribution in [3.63, 3.8) is 0 Å². The third-order valence-electron chi connectivity index (χ3n) is 3.71. The molecule has 0 unspecified atom stereocenters. The Bertz CT molecular complexity index is 651. The third-order valence-corrected chi connectivity index (χ3v) is 4.20. The van der Waals surface area contributed by atoms with Crippen LogP contribution in [0, 0.1) is 6.92 Å². The summed E-state index contributed by atoms with van der Waals surface area (Å²) in [4.78, 5) is 0. The lowest BCUT2D eigenvalue weighted by atomic mass is 9.94. The quantitative estimate of drug-likeness (QED) is 0.606. The molecule has 2 aromatic carbocycles. The van der Waals surface area contributed by atoms with Crippen LogP contribution in [0.25, 0.3) is 16.7 Å². The summed E-state index contributed by atoms with van der Waals surface area (Å²) in [5, 5.41) is 0.825. The van der Waals surface area contributed by atoms with Gasteiger partial charge in [0, 0.05) is 5.56 Å². The van der Waals surface area contributed by atoms with E-state index in [0.717, 1.165) is 27.3 Å². The van der Waals surface area contributed by atoms with Crippen LogP contribution in [-0.2, 0) is 0 Å². The SMILES string of the molecule is C=C(C)c1ccc(-c2cccc(C(C)C)c2)c(Cl)c1C. The van der Waals surface area contributed by atoms with E-state index in [-0.39, 0.29) is 0 Å². The summed E-state index contributed by atoms with van der Waals surface area (Å²) in [7, 11) is 0. The highest BCUT2D eigenvalue weighted by Crippen LogP contribution is 2.35. The maximum absolute atomic E-state index is 6.57. The van der Waals surface area contributed by atoms with Gasteiger partial charge in [0.25, 0.3) is 0 Å². The van der Waals surface area contributed by atoms with Gasteiger partial charge in [0.2, 0.25) is 0 Å². The van der Waals surface area contributed by atoms with Gasteiger partial charge in [-0.05, 0) is 42.0 Å². The molecule has 0 atom stereocenters. The summed E-state index contributed by atoms with van der Waals surface area (Å²) in [5.74, 6) is 0.518. The molecule has 1 heteroatoms. The maximum atomic E-state index is 6.57. The molecule has 0 spiro atoms. The van der Waals surface area contributed by atoms with Crippen LogP contribution in [-0.4, -0.2) is 0 Å². The summed E-state index contributed by atoms with van der Waals surface area (Å²) in [6.07, 6.45) is 0. The minimum atomic E-state index is 0.518. The van der Waals surface area contributed by atoms with Crippen molar-refractivity contribution in [3.05, 3.63) is 64.7 Å². The molecule has 0 aromatic heterocycles. The minimum absolute atomic E-state index is 0.518. The fraction of sp³-hybridized carbons (Fsp3) is 0.263. The molecule has 0 aliphatic rings. The van der Waals surface area contributed by atoms with E-state index in [1.807, 2.05) is 6.92 Å². The zero-order valence-corrected chi connectivity index (χ0v) is 13.4. The van der Waals surface area contributed by atoms with Gasteiger partial charge in [-0.15, -0.1) is 0 Å². The van der Waals surface area contributed by atoms with Crippen LogP contribution in [0.2, 0.25) is 5.02 Å². The predicted octanol–water partition coefficient (Wildman–Crippen LogP) is 6.47. The molecule has 0 radical (unpaired) electrons. The van der Waals surface area contributed by atoms with E-state index in [9.17, 15) is 0 Å². The van der Waals surface area contributed by atoms with Crippen LogP contribution < -0.4 is 0 Å². The molecule has 104 valence electrons. The number of hydrogen-bond acceptors (Lipinski definition) is 0. The lowest BCUT2D eigenvalue weighted by Crippen LogP contribution is -1.92. The van der Waals surface area contributed by atoms with Crippen molar-refractivity contribution in [2.24, 2.45) is 0 Å². The Morgan fingerprint density at radius 3 is 2.45 bits per heavy atom. The standard InChI is InChI=1S/C19H21Cl/c1-12(2)15-7-6-8-16(11-15)18-10-9-17(13(3)4)14(5)19(18)20/h6-12H,3H2,1-2,4-5H3. The van der Waals surface area contributed by atoms with E-state index in [0.29, 0.717) is 5.92 Å². The van der Waals surface area contributed by atoms with Crippen LogP contribution in [0.3, 0.4) is 0 Å². The first kappa shape index (κ1) is 14.9. The van der Waals surface area contributed by atoms with E-state index in [1.54, 1.807) is 0 Å².